The van der Waals surface area contributed by atoms with Gasteiger partial charge in [0, 0.05) is 0 Å². The third-order valence-electron chi connectivity index (χ3n) is 1.13. The van der Waals surface area contributed by atoms with Crippen LogP contribution in [0.4, 0.5) is 0 Å². The number of rotatable bonds is 2. The summed E-state index contributed by atoms with van der Waals surface area (Å²) in [5, 5.41) is 0. The molecule has 1 aliphatic rings. The van der Waals surface area contributed by atoms with Gasteiger partial charge in [-0.15, -0.1) is 13.0 Å². The van der Waals surface area contributed by atoms with Crippen molar-refractivity contribution in [1.29, 1.82) is 0 Å². The Bertz CT molecular complexity index is 143. The SMILES string of the molecule is C=CCC1=[C-]CC=C1.[Ru+]. The van der Waals surface area contributed by atoms with Crippen LogP contribution in [0.15, 0.2) is 30.4 Å². The van der Waals surface area contributed by atoms with E-state index in [1.807, 2.05) is 6.08 Å². The Labute approximate surface area is 69.1 Å². The Kier molecular flexibility index (Phi) is 4.62. The van der Waals surface area contributed by atoms with Gasteiger partial charge in [0.1, 0.15) is 0 Å². The second-order valence-electron chi connectivity index (χ2n) is 1.80. The van der Waals surface area contributed by atoms with Crippen molar-refractivity contribution >= 4 is 0 Å². The minimum atomic E-state index is 0. The smallest absolute Gasteiger partial charge is 0.269 e. The molecule has 0 unspecified atom stereocenters. The summed E-state index contributed by atoms with van der Waals surface area (Å²) in [6, 6.07) is 0. The van der Waals surface area contributed by atoms with E-state index in [9.17, 15) is 0 Å². The minimum Gasteiger partial charge on any atom is -0.269 e. The van der Waals surface area contributed by atoms with Crippen LogP contribution in [0.2, 0.25) is 0 Å². The molecule has 0 saturated heterocycles. The molecule has 0 fully saturated rings. The maximum absolute atomic E-state index is 3.63. The van der Waals surface area contributed by atoms with E-state index in [4.69, 9.17) is 0 Å². The average molecular weight is 206 g/mol. The molecule has 9 heavy (non-hydrogen) atoms. The Hall–Kier alpha value is -0.157. The minimum absolute atomic E-state index is 0. The predicted octanol–water partition coefficient (Wildman–Crippen LogP) is 2.25. The molecule has 0 nitrogen and oxygen atoms in total. The normalized spacial score (nSPS) is 14.4. The van der Waals surface area contributed by atoms with Gasteiger partial charge in [-0.2, -0.15) is 6.08 Å². The summed E-state index contributed by atoms with van der Waals surface area (Å²) in [6.45, 7) is 3.63. The van der Waals surface area contributed by atoms with Crippen LogP contribution in [0.5, 0.6) is 0 Å². The van der Waals surface area contributed by atoms with Crippen LogP contribution in [-0.4, -0.2) is 0 Å². The second kappa shape index (κ2) is 4.70. The fourth-order valence-electron chi connectivity index (χ4n) is 0.746. The summed E-state index contributed by atoms with van der Waals surface area (Å²) < 4.78 is 0. The molecule has 1 aliphatic carbocycles. The fraction of sp³-hybridized carbons (Fsp3) is 0.250. The van der Waals surface area contributed by atoms with Crippen LogP contribution in [-0.2, 0) is 19.5 Å². The third-order valence-corrected chi connectivity index (χ3v) is 1.13. The summed E-state index contributed by atoms with van der Waals surface area (Å²) in [5.41, 5.74) is 1.28. The first kappa shape index (κ1) is 8.84. The van der Waals surface area contributed by atoms with E-state index >= 15 is 0 Å². The first-order valence-corrected chi connectivity index (χ1v) is 2.80. The quantitative estimate of drug-likeness (QED) is 0.369. The van der Waals surface area contributed by atoms with Gasteiger partial charge in [-0.3, -0.25) is 6.08 Å². The van der Waals surface area contributed by atoms with Gasteiger partial charge < -0.3 is 0 Å². The topological polar surface area (TPSA) is 0 Å². The van der Waals surface area contributed by atoms with E-state index in [1.165, 1.54) is 5.57 Å². The maximum Gasteiger partial charge on any atom is 1.00 e. The number of hydrogen-bond acceptors (Lipinski definition) is 0. The van der Waals surface area contributed by atoms with E-state index in [2.05, 4.69) is 24.8 Å². The Balaban J connectivity index is 0.000000640. The molecular weight excluding hydrogens is 197 g/mol. The molecule has 0 bridgehead atoms. The van der Waals surface area contributed by atoms with E-state index < -0.39 is 0 Å². The third kappa shape index (κ3) is 2.76. The molecule has 0 aliphatic heterocycles. The number of hydrogen-bond donors (Lipinski definition) is 0. The van der Waals surface area contributed by atoms with E-state index in [-0.39, 0.29) is 19.5 Å². The molecule has 0 N–H and O–H groups in total. The Morgan fingerprint density at radius 1 is 1.78 bits per heavy atom. The van der Waals surface area contributed by atoms with Crippen molar-refractivity contribution in [2.75, 3.05) is 0 Å². The summed E-state index contributed by atoms with van der Waals surface area (Å²) in [6.07, 6.45) is 11.3. The monoisotopic (exact) mass is 207 g/mol. The molecule has 0 aromatic rings. The van der Waals surface area contributed by atoms with Gasteiger partial charge in [-0.05, 0) is 6.42 Å². The molecule has 1 heteroatoms. The predicted molar refractivity (Wildman–Crippen MR) is 35.3 cm³/mol. The Morgan fingerprint density at radius 2 is 2.56 bits per heavy atom. The van der Waals surface area contributed by atoms with Gasteiger partial charge >= 0.3 is 19.5 Å². The summed E-state index contributed by atoms with van der Waals surface area (Å²) >= 11 is 0. The van der Waals surface area contributed by atoms with Crippen LogP contribution in [0.25, 0.3) is 0 Å². The van der Waals surface area contributed by atoms with Crippen molar-refractivity contribution < 1.29 is 19.5 Å². The molecular formula is C8H9Ru. The van der Waals surface area contributed by atoms with Gasteiger partial charge in [-0.1, -0.05) is 6.08 Å². The van der Waals surface area contributed by atoms with Gasteiger partial charge in [-0.25, -0.2) is 11.6 Å². The molecule has 0 atom stereocenters. The molecule has 1 rings (SSSR count). The van der Waals surface area contributed by atoms with Gasteiger partial charge in [0.05, 0.1) is 0 Å². The molecule has 1 radical (unpaired) electrons. The molecule has 0 saturated carbocycles. The van der Waals surface area contributed by atoms with Crippen LogP contribution in [0, 0.1) is 6.08 Å². The molecule has 0 heterocycles. The first-order chi connectivity index (χ1) is 3.93. The van der Waals surface area contributed by atoms with Gasteiger partial charge in [0.15, 0.2) is 0 Å². The summed E-state index contributed by atoms with van der Waals surface area (Å²) in [5.74, 6) is 0. The maximum atomic E-state index is 3.63. The van der Waals surface area contributed by atoms with Crippen LogP contribution < -0.4 is 0 Å². The van der Waals surface area contributed by atoms with Crippen molar-refractivity contribution in [2.24, 2.45) is 0 Å². The molecule has 49 valence electrons. The fourth-order valence-corrected chi connectivity index (χ4v) is 0.746. The standard InChI is InChI=1S/C8H9.Ru/c1-2-5-8-6-3-4-7-8;/h2-3,6H,1,4-5H2;/q-1;+1. The van der Waals surface area contributed by atoms with Crippen LogP contribution >= 0.6 is 0 Å². The average Bonchev–Trinajstić information content (AvgIpc) is 2.19. The summed E-state index contributed by atoms with van der Waals surface area (Å²) in [4.78, 5) is 0. The second-order valence-corrected chi connectivity index (χ2v) is 1.80. The van der Waals surface area contributed by atoms with Crippen molar-refractivity contribution in [3.63, 3.8) is 0 Å². The molecule has 0 spiro atoms. The number of allylic oxidation sites excluding steroid dienone is 5. The van der Waals surface area contributed by atoms with Gasteiger partial charge in [0.2, 0.25) is 0 Å². The van der Waals surface area contributed by atoms with Crippen molar-refractivity contribution in [3.05, 3.63) is 36.5 Å². The molecule has 0 aromatic heterocycles. The zero-order valence-corrected chi connectivity index (χ0v) is 6.95. The zero-order valence-electron chi connectivity index (χ0n) is 5.21. The van der Waals surface area contributed by atoms with Crippen molar-refractivity contribution in [2.45, 2.75) is 12.8 Å². The molecule has 0 amide bonds. The summed E-state index contributed by atoms with van der Waals surface area (Å²) in [7, 11) is 0. The molecule has 0 aromatic carbocycles. The van der Waals surface area contributed by atoms with Crippen LogP contribution in [0.1, 0.15) is 12.8 Å². The van der Waals surface area contributed by atoms with Crippen molar-refractivity contribution in [3.8, 4) is 0 Å². The first-order valence-electron chi connectivity index (χ1n) is 2.80. The van der Waals surface area contributed by atoms with E-state index in [0.717, 1.165) is 12.8 Å². The van der Waals surface area contributed by atoms with Gasteiger partial charge in [0.25, 0.3) is 0 Å². The van der Waals surface area contributed by atoms with Crippen molar-refractivity contribution in [1.82, 2.24) is 0 Å². The van der Waals surface area contributed by atoms with E-state index in [1.54, 1.807) is 0 Å². The van der Waals surface area contributed by atoms with Crippen LogP contribution in [0.3, 0.4) is 0 Å². The Morgan fingerprint density at radius 3 is 3.00 bits per heavy atom. The zero-order chi connectivity index (χ0) is 5.82. The van der Waals surface area contributed by atoms with E-state index in [0.29, 0.717) is 0 Å². The largest absolute Gasteiger partial charge is 1.00 e.